The Morgan fingerprint density at radius 3 is 2.47 bits per heavy atom. The second-order valence-electron chi connectivity index (χ2n) is 5.50. The first kappa shape index (κ1) is 12.8. The molecule has 2 fully saturated rings. The third-order valence-electron chi connectivity index (χ3n) is 3.67. The number of esters is 1. The summed E-state index contributed by atoms with van der Waals surface area (Å²) in [7, 11) is 0. The highest BCUT2D eigenvalue weighted by atomic mass is 16.6. The van der Waals surface area contributed by atoms with Crippen molar-refractivity contribution in [1.29, 1.82) is 0 Å². The van der Waals surface area contributed by atoms with E-state index in [2.05, 4.69) is 4.90 Å². The molecule has 1 saturated carbocycles. The van der Waals surface area contributed by atoms with Crippen LogP contribution in [0, 0.1) is 5.92 Å². The van der Waals surface area contributed by atoms with Crippen LogP contribution in [0.25, 0.3) is 0 Å². The van der Waals surface area contributed by atoms with E-state index in [9.17, 15) is 4.79 Å². The van der Waals surface area contributed by atoms with Gasteiger partial charge in [-0.25, -0.2) is 0 Å². The minimum atomic E-state index is -0.196. The van der Waals surface area contributed by atoms with Crippen molar-refractivity contribution >= 4 is 5.97 Å². The Morgan fingerprint density at radius 1 is 1.35 bits per heavy atom. The Hall–Kier alpha value is -0.610. The number of hydrogen-bond acceptors (Lipinski definition) is 4. The molecule has 1 saturated heterocycles. The highest BCUT2D eigenvalue weighted by molar-refractivity contribution is 5.72. The molecule has 4 heteroatoms. The van der Waals surface area contributed by atoms with Crippen LogP contribution in [0.4, 0.5) is 0 Å². The molecule has 0 amide bonds. The Morgan fingerprint density at radius 2 is 2.00 bits per heavy atom. The van der Waals surface area contributed by atoms with Gasteiger partial charge in [0.05, 0.1) is 19.1 Å². The summed E-state index contributed by atoms with van der Waals surface area (Å²) in [6.07, 6.45) is 3.21. The van der Waals surface area contributed by atoms with Gasteiger partial charge in [0.2, 0.25) is 0 Å². The molecule has 17 heavy (non-hydrogen) atoms. The molecular weight excluding hydrogens is 218 g/mol. The largest absolute Gasteiger partial charge is 0.458 e. The minimum absolute atomic E-state index is 0.0304. The van der Waals surface area contributed by atoms with Gasteiger partial charge in [-0.05, 0) is 19.3 Å². The number of ether oxygens (including phenoxy) is 2. The summed E-state index contributed by atoms with van der Waals surface area (Å²) in [5.74, 6) is -0.0878. The predicted octanol–water partition coefficient (Wildman–Crippen LogP) is 1.44. The smallest absolute Gasteiger partial charge is 0.308 e. The van der Waals surface area contributed by atoms with Gasteiger partial charge < -0.3 is 9.47 Å². The molecule has 2 rings (SSSR count). The fraction of sp³-hybridized carbons (Fsp3) is 0.923. The van der Waals surface area contributed by atoms with Gasteiger partial charge in [-0.3, -0.25) is 9.69 Å². The van der Waals surface area contributed by atoms with Crippen molar-refractivity contribution in [3.63, 3.8) is 0 Å². The van der Waals surface area contributed by atoms with Gasteiger partial charge >= 0.3 is 5.97 Å². The first-order valence-electron chi connectivity index (χ1n) is 6.64. The molecular formula is C13H23NO3. The summed E-state index contributed by atoms with van der Waals surface area (Å²) in [5, 5.41) is 0. The van der Waals surface area contributed by atoms with Crippen LogP contribution in [0.3, 0.4) is 0 Å². The lowest BCUT2D eigenvalue weighted by Gasteiger charge is -2.45. The highest BCUT2D eigenvalue weighted by Gasteiger charge is 2.42. The molecule has 0 radical (unpaired) electrons. The monoisotopic (exact) mass is 241 g/mol. The van der Waals surface area contributed by atoms with Gasteiger partial charge in [0.25, 0.3) is 0 Å². The van der Waals surface area contributed by atoms with E-state index in [1.165, 1.54) is 6.42 Å². The highest BCUT2D eigenvalue weighted by Crippen LogP contribution is 2.37. The third-order valence-corrected chi connectivity index (χ3v) is 3.67. The van der Waals surface area contributed by atoms with Gasteiger partial charge in [-0.1, -0.05) is 13.8 Å². The Kier molecular flexibility index (Phi) is 4.05. The number of nitrogens with zero attached hydrogens (tertiary/aromatic N) is 1. The van der Waals surface area contributed by atoms with Crippen molar-refractivity contribution in [2.24, 2.45) is 5.92 Å². The maximum atomic E-state index is 11.7. The standard InChI is InChI=1S/C13H23NO3/c1-11(2)12(15)17-13(4-3-5-13)10-14-6-8-16-9-7-14/h11H,3-10H2,1-2H3. The number of hydrogen-bond donors (Lipinski definition) is 0. The van der Waals surface area contributed by atoms with E-state index in [1.807, 2.05) is 13.8 Å². The fourth-order valence-corrected chi connectivity index (χ4v) is 2.36. The molecule has 1 heterocycles. The van der Waals surface area contributed by atoms with E-state index in [0.717, 1.165) is 45.7 Å². The Labute approximate surface area is 103 Å². The van der Waals surface area contributed by atoms with Crippen molar-refractivity contribution in [2.45, 2.75) is 38.7 Å². The van der Waals surface area contributed by atoms with Crippen LogP contribution < -0.4 is 0 Å². The van der Waals surface area contributed by atoms with E-state index in [1.54, 1.807) is 0 Å². The van der Waals surface area contributed by atoms with Crippen LogP contribution in [0.1, 0.15) is 33.1 Å². The fourth-order valence-electron chi connectivity index (χ4n) is 2.36. The molecule has 0 N–H and O–H groups in total. The molecule has 0 aromatic rings. The van der Waals surface area contributed by atoms with E-state index in [-0.39, 0.29) is 17.5 Å². The number of rotatable bonds is 4. The zero-order valence-corrected chi connectivity index (χ0v) is 10.9. The number of carbonyl (C=O) groups excluding carboxylic acids is 1. The maximum absolute atomic E-state index is 11.7. The summed E-state index contributed by atoms with van der Waals surface area (Å²) in [6, 6.07) is 0. The summed E-state index contributed by atoms with van der Waals surface area (Å²) < 4.78 is 11.1. The van der Waals surface area contributed by atoms with Crippen molar-refractivity contribution < 1.29 is 14.3 Å². The zero-order valence-electron chi connectivity index (χ0n) is 10.9. The van der Waals surface area contributed by atoms with Gasteiger partial charge in [-0.15, -0.1) is 0 Å². The van der Waals surface area contributed by atoms with E-state index < -0.39 is 0 Å². The van der Waals surface area contributed by atoms with Crippen LogP contribution >= 0.6 is 0 Å². The lowest BCUT2D eigenvalue weighted by Crippen LogP contribution is -2.53. The van der Waals surface area contributed by atoms with Crippen molar-refractivity contribution in [1.82, 2.24) is 4.90 Å². The second-order valence-corrected chi connectivity index (χ2v) is 5.50. The van der Waals surface area contributed by atoms with Crippen LogP contribution in [0.15, 0.2) is 0 Å². The lowest BCUT2D eigenvalue weighted by atomic mass is 9.79. The molecule has 0 bridgehead atoms. The molecule has 0 aromatic carbocycles. The Bertz CT molecular complexity index is 268. The number of carbonyl (C=O) groups is 1. The molecule has 1 aliphatic carbocycles. The van der Waals surface area contributed by atoms with Gasteiger partial charge in [0, 0.05) is 19.6 Å². The molecule has 0 spiro atoms. The van der Waals surface area contributed by atoms with Crippen LogP contribution in [0.5, 0.6) is 0 Å². The average molecular weight is 241 g/mol. The first-order chi connectivity index (χ1) is 8.11. The molecule has 2 aliphatic rings. The molecule has 0 aromatic heterocycles. The number of morpholine rings is 1. The van der Waals surface area contributed by atoms with Crippen LogP contribution in [-0.2, 0) is 14.3 Å². The molecule has 4 nitrogen and oxygen atoms in total. The SMILES string of the molecule is CC(C)C(=O)OC1(CN2CCOCC2)CCC1. The van der Waals surface area contributed by atoms with Crippen LogP contribution in [-0.4, -0.2) is 49.3 Å². The molecule has 0 atom stereocenters. The summed E-state index contributed by atoms with van der Waals surface area (Å²) in [6.45, 7) is 8.19. The average Bonchev–Trinajstić information content (AvgIpc) is 2.27. The van der Waals surface area contributed by atoms with Gasteiger partial charge in [0.1, 0.15) is 5.60 Å². The van der Waals surface area contributed by atoms with E-state index in [4.69, 9.17) is 9.47 Å². The molecule has 1 aliphatic heterocycles. The van der Waals surface area contributed by atoms with Crippen molar-refractivity contribution in [3.8, 4) is 0 Å². The summed E-state index contributed by atoms with van der Waals surface area (Å²) in [5.41, 5.74) is -0.196. The van der Waals surface area contributed by atoms with Crippen molar-refractivity contribution in [3.05, 3.63) is 0 Å². The third kappa shape index (κ3) is 3.19. The quantitative estimate of drug-likeness (QED) is 0.698. The van der Waals surface area contributed by atoms with Crippen LogP contribution in [0.2, 0.25) is 0 Å². The Balaban J connectivity index is 1.87. The molecule has 0 unspecified atom stereocenters. The van der Waals surface area contributed by atoms with Gasteiger partial charge in [-0.2, -0.15) is 0 Å². The maximum Gasteiger partial charge on any atom is 0.308 e. The first-order valence-corrected chi connectivity index (χ1v) is 6.64. The van der Waals surface area contributed by atoms with E-state index >= 15 is 0 Å². The lowest BCUT2D eigenvalue weighted by molar-refractivity contribution is -0.178. The van der Waals surface area contributed by atoms with Gasteiger partial charge in [0.15, 0.2) is 0 Å². The normalized spacial score (nSPS) is 24.4. The molecule has 98 valence electrons. The predicted molar refractivity (Wildman–Crippen MR) is 64.8 cm³/mol. The zero-order chi connectivity index (χ0) is 12.3. The topological polar surface area (TPSA) is 38.8 Å². The van der Waals surface area contributed by atoms with Crippen molar-refractivity contribution in [2.75, 3.05) is 32.8 Å². The second kappa shape index (κ2) is 5.36. The summed E-state index contributed by atoms with van der Waals surface area (Å²) in [4.78, 5) is 14.1. The minimum Gasteiger partial charge on any atom is -0.458 e. The van der Waals surface area contributed by atoms with E-state index in [0.29, 0.717) is 0 Å². The summed E-state index contributed by atoms with van der Waals surface area (Å²) >= 11 is 0.